The molecule has 1 unspecified atom stereocenters. The lowest BCUT2D eigenvalue weighted by Crippen LogP contribution is -2.30. The molecule has 0 spiro atoms. The van der Waals surface area contributed by atoms with Gasteiger partial charge in [-0.3, -0.25) is 4.90 Å². The third-order valence-corrected chi connectivity index (χ3v) is 11.6. The van der Waals surface area contributed by atoms with Gasteiger partial charge >= 0.3 is 0 Å². The first-order valence-corrected chi connectivity index (χ1v) is 22.7. The Morgan fingerprint density at radius 3 is 1.20 bits per heavy atom. The van der Waals surface area contributed by atoms with Crippen LogP contribution in [-0.4, -0.2) is 37.2 Å². The Morgan fingerprint density at radius 1 is 0.531 bits per heavy atom. The molecule has 0 N–H and O–H groups in total. The van der Waals surface area contributed by atoms with Gasteiger partial charge in [-0.1, -0.05) is 232 Å². The lowest BCUT2D eigenvalue weighted by Gasteiger charge is -2.29. The van der Waals surface area contributed by atoms with Crippen LogP contribution in [0.3, 0.4) is 0 Å². The van der Waals surface area contributed by atoms with Gasteiger partial charge in [-0.05, 0) is 50.8 Å². The van der Waals surface area contributed by atoms with Crippen LogP contribution in [0.1, 0.15) is 240 Å². The SMILES string of the molecule is CCCCCCCCCCCCCCN(CCCCCCCC(CCCCCCCC)CCCCCCCC)CC1=CCC(C)(OC)C=C1. The normalized spacial score (nSPS) is 16.3. The highest BCUT2D eigenvalue weighted by atomic mass is 16.5. The summed E-state index contributed by atoms with van der Waals surface area (Å²) in [5.41, 5.74) is 1.38. The molecule has 1 aliphatic rings. The van der Waals surface area contributed by atoms with E-state index < -0.39 is 0 Å². The lowest BCUT2D eigenvalue weighted by molar-refractivity contribution is 0.0500. The third-order valence-electron chi connectivity index (χ3n) is 11.6. The zero-order valence-electron chi connectivity index (χ0n) is 34.6. The highest BCUT2D eigenvalue weighted by molar-refractivity contribution is 5.28. The topological polar surface area (TPSA) is 12.5 Å². The minimum absolute atomic E-state index is 0.119. The van der Waals surface area contributed by atoms with Crippen molar-refractivity contribution in [3.63, 3.8) is 0 Å². The van der Waals surface area contributed by atoms with E-state index in [1.165, 1.54) is 224 Å². The second-order valence-corrected chi connectivity index (χ2v) is 16.5. The molecular weight excluding hydrogens is 595 g/mol. The second-order valence-electron chi connectivity index (χ2n) is 16.5. The van der Waals surface area contributed by atoms with Crippen molar-refractivity contribution in [3.8, 4) is 0 Å². The maximum Gasteiger partial charge on any atom is 0.0868 e. The molecule has 49 heavy (non-hydrogen) atoms. The molecule has 0 bridgehead atoms. The van der Waals surface area contributed by atoms with Crippen molar-refractivity contribution in [2.45, 2.75) is 245 Å². The molecule has 0 aromatic heterocycles. The number of rotatable bonds is 38. The van der Waals surface area contributed by atoms with Crippen molar-refractivity contribution in [2.75, 3.05) is 26.7 Å². The van der Waals surface area contributed by atoms with Gasteiger partial charge in [-0.2, -0.15) is 0 Å². The molecular formula is C47H91NO. The van der Waals surface area contributed by atoms with Gasteiger partial charge in [-0.15, -0.1) is 0 Å². The molecule has 1 aliphatic carbocycles. The average molecular weight is 686 g/mol. The summed E-state index contributed by atoms with van der Waals surface area (Å²) in [5, 5.41) is 0. The molecule has 1 rings (SSSR count). The summed E-state index contributed by atoms with van der Waals surface area (Å²) in [7, 11) is 1.84. The largest absolute Gasteiger partial charge is 0.374 e. The van der Waals surface area contributed by atoms with E-state index in [-0.39, 0.29) is 5.60 Å². The summed E-state index contributed by atoms with van der Waals surface area (Å²) in [6.45, 7) is 12.8. The average Bonchev–Trinajstić information content (AvgIpc) is 3.11. The summed E-state index contributed by atoms with van der Waals surface area (Å²) >= 11 is 0. The second kappa shape index (κ2) is 34.5. The molecule has 0 amide bonds. The number of ether oxygens (including phenoxy) is 1. The summed E-state index contributed by atoms with van der Waals surface area (Å²) < 4.78 is 5.74. The van der Waals surface area contributed by atoms with Gasteiger partial charge in [0.25, 0.3) is 0 Å². The lowest BCUT2D eigenvalue weighted by atomic mass is 9.89. The first-order chi connectivity index (χ1) is 24.1. The molecule has 0 saturated heterocycles. The number of methoxy groups -OCH3 is 1. The van der Waals surface area contributed by atoms with E-state index in [0.717, 1.165) is 18.9 Å². The van der Waals surface area contributed by atoms with E-state index in [4.69, 9.17) is 4.74 Å². The van der Waals surface area contributed by atoms with Crippen molar-refractivity contribution in [3.05, 3.63) is 23.8 Å². The van der Waals surface area contributed by atoms with E-state index in [1.54, 1.807) is 0 Å². The minimum atomic E-state index is -0.119. The zero-order chi connectivity index (χ0) is 35.5. The Kier molecular flexibility index (Phi) is 32.7. The van der Waals surface area contributed by atoms with E-state index >= 15 is 0 Å². The fourth-order valence-electron chi connectivity index (χ4n) is 7.88. The molecule has 0 aliphatic heterocycles. The van der Waals surface area contributed by atoms with Gasteiger partial charge in [0.2, 0.25) is 0 Å². The minimum Gasteiger partial charge on any atom is -0.374 e. The summed E-state index contributed by atoms with van der Waals surface area (Å²) in [5.74, 6) is 1.00. The Labute approximate surface area is 310 Å². The van der Waals surface area contributed by atoms with E-state index in [0.29, 0.717) is 0 Å². The predicted octanol–water partition coefficient (Wildman–Crippen LogP) is 15.7. The van der Waals surface area contributed by atoms with Gasteiger partial charge < -0.3 is 4.74 Å². The number of nitrogens with zero attached hydrogens (tertiary/aromatic N) is 1. The van der Waals surface area contributed by atoms with Crippen molar-refractivity contribution in [1.82, 2.24) is 4.90 Å². The van der Waals surface area contributed by atoms with E-state index in [1.807, 2.05) is 7.11 Å². The van der Waals surface area contributed by atoms with Crippen LogP contribution in [0.2, 0.25) is 0 Å². The van der Waals surface area contributed by atoms with E-state index in [9.17, 15) is 0 Å². The van der Waals surface area contributed by atoms with E-state index in [2.05, 4.69) is 50.8 Å². The highest BCUT2D eigenvalue weighted by Crippen LogP contribution is 2.26. The maximum atomic E-state index is 5.74. The Balaban J connectivity index is 2.35. The van der Waals surface area contributed by atoms with Crippen LogP contribution in [-0.2, 0) is 4.74 Å². The molecule has 0 aromatic rings. The van der Waals surface area contributed by atoms with Crippen molar-refractivity contribution >= 4 is 0 Å². The molecule has 0 heterocycles. The van der Waals surface area contributed by atoms with Gasteiger partial charge in [0.15, 0.2) is 0 Å². The first-order valence-electron chi connectivity index (χ1n) is 22.7. The molecule has 0 radical (unpaired) electrons. The summed E-state index contributed by atoms with van der Waals surface area (Å²) in [4.78, 5) is 2.78. The van der Waals surface area contributed by atoms with Crippen LogP contribution in [0.4, 0.5) is 0 Å². The maximum absolute atomic E-state index is 5.74. The molecule has 290 valence electrons. The highest BCUT2D eigenvalue weighted by Gasteiger charge is 2.22. The fourth-order valence-corrected chi connectivity index (χ4v) is 7.88. The van der Waals surface area contributed by atoms with Crippen molar-refractivity contribution < 1.29 is 4.74 Å². The smallest absolute Gasteiger partial charge is 0.0868 e. The molecule has 1 atom stereocenters. The van der Waals surface area contributed by atoms with Crippen molar-refractivity contribution in [1.29, 1.82) is 0 Å². The molecule has 0 fully saturated rings. The molecule has 2 nitrogen and oxygen atoms in total. The third kappa shape index (κ3) is 28.6. The van der Waals surface area contributed by atoms with Gasteiger partial charge in [-0.25, -0.2) is 0 Å². The zero-order valence-corrected chi connectivity index (χ0v) is 34.6. The number of unbranched alkanes of at least 4 members (excludes halogenated alkanes) is 25. The van der Waals surface area contributed by atoms with Crippen LogP contribution in [0.5, 0.6) is 0 Å². The Bertz CT molecular complexity index is 726. The first kappa shape index (κ1) is 46.4. The fraction of sp³-hybridized carbons (Fsp3) is 0.915. The quantitative estimate of drug-likeness (QED) is 0.0600. The standard InChI is InChI=1S/C47H91NO/c1-6-9-12-15-18-19-20-21-22-23-28-33-42-48(44-46-38-40-47(4,49-5)41-39-46)43-34-29-24-27-32-37-45(35-30-25-16-13-10-7-2)36-31-26-17-14-11-8-3/h38-40,45H,6-37,41-44H2,1-5H3. The van der Waals surface area contributed by atoms with Crippen LogP contribution >= 0.6 is 0 Å². The molecule has 0 aromatic carbocycles. The van der Waals surface area contributed by atoms with Crippen LogP contribution in [0.25, 0.3) is 0 Å². The molecule has 2 heteroatoms. The number of hydrogen-bond donors (Lipinski definition) is 0. The monoisotopic (exact) mass is 686 g/mol. The predicted molar refractivity (Wildman–Crippen MR) is 222 cm³/mol. The van der Waals surface area contributed by atoms with Crippen LogP contribution in [0, 0.1) is 5.92 Å². The van der Waals surface area contributed by atoms with Gasteiger partial charge in [0, 0.05) is 13.7 Å². The van der Waals surface area contributed by atoms with Crippen LogP contribution in [0.15, 0.2) is 23.8 Å². The number of hydrogen-bond acceptors (Lipinski definition) is 2. The Morgan fingerprint density at radius 2 is 0.878 bits per heavy atom. The van der Waals surface area contributed by atoms with Crippen molar-refractivity contribution in [2.24, 2.45) is 5.92 Å². The van der Waals surface area contributed by atoms with Gasteiger partial charge in [0.05, 0.1) is 5.60 Å². The van der Waals surface area contributed by atoms with Gasteiger partial charge in [0.1, 0.15) is 0 Å². The summed E-state index contributed by atoms with van der Waals surface area (Å²) in [6.07, 6.45) is 54.2. The Hall–Kier alpha value is -0.600. The summed E-state index contributed by atoms with van der Waals surface area (Å²) in [6, 6.07) is 0. The van der Waals surface area contributed by atoms with Crippen LogP contribution < -0.4 is 0 Å². The molecule has 0 saturated carbocycles.